The van der Waals surface area contributed by atoms with Gasteiger partial charge in [-0.25, -0.2) is 0 Å². The average Bonchev–Trinajstić information content (AvgIpc) is 3.16. The number of carbonyl (C=O) groups is 2. The van der Waals surface area contributed by atoms with E-state index in [9.17, 15) is 9.59 Å². The molecule has 0 aromatic carbocycles. The smallest absolute Gasteiger partial charge is 0.307 e. The third-order valence-corrected chi connectivity index (χ3v) is 3.50. The van der Waals surface area contributed by atoms with E-state index < -0.39 is 12.1 Å². The number of ether oxygens (including phenoxy) is 1. The maximum Gasteiger partial charge on any atom is 0.307 e. The van der Waals surface area contributed by atoms with Crippen LogP contribution in [0.25, 0.3) is 11.4 Å². The predicted octanol–water partition coefficient (Wildman–Crippen LogP) is 1.80. The number of esters is 1. The van der Waals surface area contributed by atoms with Crippen LogP contribution in [-0.4, -0.2) is 34.7 Å². The molecule has 8 heteroatoms. The van der Waals surface area contributed by atoms with Crippen LogP contribution in [0.4, 0.5) is 0 Å². The Bertz CT molecular complexity index is 624. The minimum Gasteiger partial charge on any atom is -0.453 e. The second-order valence-electron chi connectivity index (χ2n) is 4.55. The summed E-state index contributed by atoms with van der Waals surface area (Å²) in [6.45, 7) is 3.82. The van der Waals surface area contributed by atoms with Crippen LogP contribution >= 0.6 is 11.3 Å². The largest absolute Gasteiger partial charge is 0.453 e. The van der Waals surface area contributed by atoms with Crippen LogP contribution in [-0.2, 0) is 20.7 Å². The molecule has 0 radical (unpaired) electrons. The van der Waals surface area contributed by atoms with Gasteiger partial charge < -0.3 is 14.6 Å². The van der Waals surface area contributed by atoms with E-state index in [0.29, 0.717) is 18.3 Å². The van der Waals surface area contributed by atoms with Gasteiger partial charge in [-0.3, -0.25) is 9.59 Å². The number of rotatable bonds is 7. The molecule has 2 heterocycles. The van der Waals surface area contributed by atoms with Gasteiger partial charge in [-0.1, -0.05) is 5.16 Å². The summed E-state index contributed by atoms with van der Waals surface area (Å²) in [6.07, 6.45) is -0.455. The fourth-order valence-corrected chi connectivity index (χ4v) is 2.34. The van der Waals surface area contributed by atoms with E-state index in [4.69, 9.17) is 9.26 Å². The molecule has 0 saturated heterocycles. The summed E-state index contributed by atoms with van der Waals surface area (Å²) >= 11 is 1.54. The third-order valence-electron chi connectivity index (χ3n) is 2.82. The minimum atomic E-state index is -0.809. The van der Waals surface area contributed by atoms with Gasteiger partial charge in [-0.15, -0.1) is 0 Å². The SMILES string of the molecule is CCNC(=O)[C@@H](C)OC(=O)CCc1nc(-c2ccsc2)no1. The van der Waals surface area contributed by atoms with Gasteiger partial charge in [0.05, 0.1) is 6.42 Å². The Balaban J connectivity index is 1.80. The second kappa shape index (κ2) is 7.69. The summed E-state index contributed by atoms with van der Waals surface area (Å²) in [7, 11) is 0. The van der Waals surface area contributed by atoms with Gasteiger partial charge in [0.25, 0.3) is 5.91 Å². The number of hydrogen-bond acceptors (Lipinski definition) is 7. The van der Waals surface area contributed by atoms with Crippen molar-refractivity contribution >= 4 is 23.2 Å². The summed E-state index contributed by atoms with van der Waals surface area (Å²) in [6, 6.07) is 1.89. The van der Waals surface area contributed by atoms with Crippen molar-refractivity contribution in [3.05, 3.63) is 22.7 Å². The number of aromatic nitrogens is 2. The van der Waals surface area contributed by atoms with Gasteiger partial charge in [-0.05, 0) is 25.3 Å². The van der Waals surface area contributed by atoms with E-state index in [-0.39, 0.29) is 18.7 Å². The van der Waals surface area contributed by atoms with Crippen molar-refractivity contribution in [3.8, 4) is 11.4 Å². The summed E-state index contributed by atoms with van der Waals surface area (Å²) in [4.78, 5) is 27.4. The second-order valence-corrected chi connectivity index (χ2v) is 5.33. The predicted molar refractivity (Wildman–Crippen MR) is 80.2 cm³/mol. The molecule has 2 aromatic heterocycles. The molecule has 0 bridgehead atoms. The van der Waals surface area contributed by atoms with E-state index in [1.54, 1.807) is 18.3 Å². The molecular weight excluding hydrogens is 306 g/mol. The third kappa shape index (κ3) is 4.39. The zero-order valence-electron chi connectivity index (χ0n) is 12.4. The summed E-state index contributed by atoms with van der Waals surface area (Å²) < 4.78 is 10.1. The molecule has 2 aromatic rings. The average molecular weight is 323 g/mol. The Hall–Kier alpha value is -2.22. The number of carbonyl (C=O) groups excluding carboxylic acids is 2. The Morgan fingerprint density at radius 3 is 3.00 bits per heavy atom. The fourth-order valence-electron chi connectivity index (χ4n) is 1.70. The number of nitrogens with one attached hydrogen (secondary N) is 1. The molecule has 0 aliphatic heterocycles. The molecule has 0 fully saturated rings. The molecule has 0 aliphatic carbocycles. The van der Waals surface area contributed by atoms with E-state index >= 15 is 0 Å². The standard InChI is InChI=1S/C14H17N3O4S/c1-3-15-14(19)9(2)20-12(18)5-4-11-16-13(17-21-11)10-6-7-22-8-10/h6-9H,3-5H2,1-2H3,(H,15,19)/t9-/m1/s1. The number of nitrogens with zero attached hydrogens (tertiary/aromatic N) is 2. The quantitative estimate of drug-likeness (QED) is 0.781. The molecule has 0 aliphatic rings. The minimum absolute atomic E-state index is 0.0784. The van der Waals surface area contributed by atoms with Crippen molar-refractivity contribution in [1.82, 2.24) is 15.5 Å². The van der Waals surface area contributed by atoms with Crippen molar-refractivity contribution in [1.29, 1.82) is 0 Å². The molecule has 0 unspecified atom stereocenters. The topological polar surface area (TPSA) is 94.3 Å². The number of likely N-dealkylation sites (N-methyl/N-ethyl adjacent to an activating group) is 1. The number of amides is 1. The zero-order chi connectivity index (χ0) is 15.9. The van der Waals surface area contributed by atoms with E-state index in [2.05, 4.69) is 15.5 Å². The van der Waals surface area contributed by atoms with E-state index in [1.165, 1.54) is 6.92 Å². The maximum absolute atomic E-state index is 11.7. The summed E-state index contributed by atoms with van der Waals surface area (Å²) in [5.41, 5.74) is 0.882. The Morgan fingerprint density at radius 1 is 1.50 bits per heavy atom. The van der Waals surface area contributed by atoms with Crippen LogP contribution in [0.3, 0.4) is 0 Å². The molecule has 0 saturated carbocycles. The fraction of sp³-hybridized carbons (Fsp3) is 0.429. The number of aryl methyl sites for hydroxylation is 1. The molecule has 7 nitrogen and oxygen atoms in total. The lowest BCUT2D eigenvalue weighted by molar-refractivity contribution is -0.154. The van der Waals surface area contributed by atoms with Crippen LogP contribution in [0.5, 0.6) is 0 Å². The van der Waals surface area contributed by atoms with Crippen molar-refractivity contribution < 1.29 is 18.8 Å². The van der Waals surface area contributed by atoms with Crippen LogP contribution in [0.1, 0.15) is 26.2 Å². The van der Waals surface area contributed by atoms with E-state index in [0.717, 1.165) is 5.56 Å². The molecule has 2 rings (SSSR count). The first-order valence-electron chi connectivity index (χ1n) is 6.92. The van der Waals surface area contributed by atoms with Crippen LogP contribution in [0.15, 0.2) is 21.3 Å². The first-order valence-corrected chi connectivity index (χ1v) is 7.86. The normalized spacial score (nSPS) is 11.9. The van der Waals surface area contributed by atoms with Crippen molar-refractivity contribution in [2.24, 2.45) is 0 Å². The molecular formula is C14H17N3O4S. The highest BCUT2D eigenvalue weighted by Gasteiger charge is 2.18. The Morgan fingerprint density at radius 2 is 2.32 bits per heavy atom. The lowest BCUT2D eigenvalue weighted by atomic mass is 10.3. The molecule has 1 N–H and O–H groups in total. The van der Waals surface area contributed by atoms with Gasteiger partial charge in [-0.2, -0.15) is 16.3 Å². The van der Waals surface area contributed by atoms with Gasteiger partial charge in [0, 0.05) is 23.9 Å². The lowest BCUT2D eigenvalue weighted by Crippen LogP contribution is -2.35. The monoisotopic (exact) mass is 323 g/mol. The van der Waals surface area contributed by atoms with Gasteiger partial charge >= 0.3 is 5.97 Å². The highest BCUT2D eigenvalue weighted by Crippen LogP contribution is 2.19. The van der Waals surface area contributed by atoms with Crippen LogP contribution in [0, 0.1) is 0 Å². The van der Waals surface area contributed by atoms with Gasteiger partial charge in [0.2, 0.25) is 11.7 Å². The van der Waals surface area contributed by atoms with Gasteiger partial charge in [0.1, 0.15) is 0 Å². The molecule has 0 spiro atoms. The first kappa shape index (κ1) is 16.2. The van der Waals surface area contributed by atoms with Gasteiger partial charge in [0.15, 0.2) is 6.10 Å². The maximum atomic E-state index is 11.7. The summed E-state index contributed by atoms with van der Waals surface area (Å²) in [5.74, 6) is 0.0755. The van der Waals surface area contributed by atoms with Crippen molar-refractivity contribution in [2.75, 3.05) is 6.54 Å². The Labute approximate surface area is 131 Å². The molecule has 1 amide bonds. The Kier molecular flexibility index (Phi) is 5.65. The highest BCUT2D eigenvalue weighted by atomic mass is 32.1. The molecule has 22 heavy (non-hydrogen) atoms. The van der Waals surface area contributed by atoms with Crippen molar-refractivity contribution in [3.63, 3.8) is 0 Å². The summed E-state index contributed by atoms with van der Waals surface area (Å²) in [5, 5.41) is 10.3. The van der Waals surface area contributed by atoms with E-state index in [1.807, 2.05) is 16.8 Å². The van der Waals surface area contributed by atoms with Crippen LogP contribution < -0.4 is 5.32 Å². The van der Waals surface area contributed by atoms with Crippen molar-refractivity contribution in [2.45, 2.75) is 32.8 Å². The molecule has 118 valence electrons. The number of hydrogen-bond donors (Lipinski definition) is 1. The lowest BCUT2D eigenvalue weighted by Gasteiger charge is -2.11. The first-order chi connectivity index (χ1) is 10.6. The highest BCUT2D eigenvalue weighted by molar-refractivity contribution is 7.08. The molecule has 1 atom stereocenters. The number of thiophene rings is 1. The zero-order valence-corrected chi connectivity index (χ0v) is 13.2. The van der Waals surface area contributed by atoms with Crippen LogP contribution in [0.2, 0.25) is 0 Å².